The van der Waals surface area contributed by atoms with E-state index in [0.29, 0.717) is 12.2 Å². The van der Waals surface area contributed by atoms with Gasteiger partial charge in [0.25, 0.3) is 12.3 Å². The normalized spacial score (nSPS) is 13.8. The van der Waals surface area contributed by atoms with Crippen molar-refractivity contribution in [3.8, 4) is 0 Å². The molecule has 1 amide bonds. The Labute approximate surface area is 174 Å². The lowest BCUT2D eigenvalue weighted by Gasteiger charge is -2.06. The van der Waals surface area contributed by atoms with Crippen molar-refractivity contribution < 1.29 is 18.0 Å². The highest BCUT2D eigenvalue weighted by Crippen LogP contribution is 2.40. The monoisotopic (exact) mass is 426 g/mol. The SMILES string of the molecule is O=C(Nc1ccn(Cc2cccc(F)c2)n1)c1cc2nc(C3CC3)cc(C(F)F)n2n1. The molecule has 1 saturated carbocycles. The number of nitrogens with zero attached hydrogens (tertiary/aromatic N) is 5. The summed E-state index contributed by atoms with van der Waals surface area (Å²) in [5.74, 6) is -0.475. The van der Waals surface area contributed by atoms with Gasteiger partial charge in [0, 0.05) is 29.9 Å². The van der Waals surface area contributed by atoms with Crippen molar-refractivity contribution in [2.24, 2.45) is 0 Å². The second kappa shape index (κ2) is 7.53. The second-order valence-electron chi connectivity index (χ2n) is 7.46. The standard InChI is InChI=1S/C21H17F3N6O/c22-14-3-1-2-12(8-14)11-29-7-6-18(28-29)26-21(31)16-10-19-25-15(13-4-5-13)9-17(20(23)24)30(19)27-16/h1-3,6-10,13,20H,4-5,11H2,(H,26,28,31). The summed E-state index contributed by atoms with van der Waals surface area (Å²) in [7, 11) is 0. The van der Waals surface area contributed by atoms with Gasteiger partial charge in [0.15, 0.2) is 17.2 Å². The number of hydrogen-bond donors (Lipinski definition) is 1. The van der Waals surface area contributed by atoms with Crippen LogP contribution in [-0.4, -0.2) is 30.3 Å². The van der Waals surface area contributed by atoms with Crippen LogP contribution in [0.15, 0.2) is 48.7 Å². The number of anilines is 1. The molecule has 3 heterocycles. The molecule has 0 unspecified atom stereocenters. The smallest absolute Gasteiger partial charge is 0.280 e. The fourth-order valence-corrected chi connectivity index (χ4v) is 3.39. The van der Waals surface area contributed by atoms with Crippen LogP contribution in [0.25, 0.3) is 5.65 Å². The summed E-state index contributed by atoms with van der Waals surface area (Å²) in [6.45, 7) is 0.327. The quantitative estimate of drug-likeness (QED) is 0.502. The Kier molecular flexibility index (Phi) is 4.68. The number of halogens is 3. The molecule has 0 aliphatic heterocycles. The molecule has 5 rings (SSSR count). The van der Waals surface area contributed by atoms with Gasteiger partial charge < -0.3 is 5.32 Å². The van der Waals surface area contributed by atoms with Gasteiger partial charge in [-0.15, -0.1) is 0 Å². The lowest BCUT2D eigenvalue weighted by Crippen LogP contribution is -2.14. The number of rotatable bonds is 6. The maximum Gasteiger partial charge on any atom is 0.280 e. The van der Waals surface area contributed by atoms with E-state index in [-0.39, 0.29) is 34.6 Å². The largest absolute Gasteiger partial charge is 0.304 e. The fraction of sp³-hybridized carbons (Fsp3) is 0.238. The lowest BCUT2D eigenvalue weighted by atomic mass is 10.2. The molecule has 10 heteroatoms. The highest BCUT2D eigenvalue weighted by atomic mass is 19.3. The van der Waals surface area contributed by atoms with Crippen molar-refractivity contribution >= 4 is 17.4 Å². The van der Waals surface area contributed by atoms with Gasteiger partial charge in [-0.25, -0.2) is 22.7 Å². The van der Waals surface area contributed by atoms with E-state index >= 15 is 0 Å². The summed E-state index contributed by atoms with van der Waals surface area (Å²) in [5.41, 5.74) is 1.21. The first kappa shape index (κ1) is 19.3. The van der Waals surface area contributed by atoms with Crippen molar-refractivity contribution in [1.82, 2.24) is 24.4 Å². The molecule has 1 aromatic carbocycles. The Bertz CT molecular complexity index is 1280. The van der Waals surface area contributed by atoms with Gasteiger partial charge >= 0.3 is 0 Å². The number of benzene rings is 1. The third-order valence-electron chi connectivity index (χ3n) is 5.04. The molecule has 0 bridgehead atoms. The van der Waals surface area contributed by atoms with E-state index < -0.39 is 12.3 Å². The predicted octanol–water partition coefficient (Wildman–Crippen LogP) is 4.18. The van der Waals surface area contributed by atoms with Crippen LogP contribution < -0.4 is 5.32 Å². The van der Waals surface area contributed by atoms with Crippen molar-refractivity contribution in [2.45, 2.75) is 31.7 Å². The summed E-state index contributed by atoms with van der Waals surface area (Å²) in [5, 5.41) is 10.9. The van der Waals surface area contributed by atoms with Gasteiger partial charge in [0.2, 0.25) is 0 Å². The van der Waals surface area contributed by atoms with E-state index in [2.05, 4.69) is 20.5 Å². The van der Waals surface area contributed by atoms with Crippen LogP contribution in [0.4, 0.5) is 19.0 Å². The number of nitrogens with one attached hydrogen (secondary N) is 1. The topological polar surface area (TPSA) is 77.1 Å². The Morgan fingerprint density at radius 2 is 2.00 bits per heavy atom. The molecule has 31 heavy (non-hydrogen) atoms. The Morgan fingerprint density at radius 3 is 2.74 bits per heavy atom. The van der Waals surface area contributed by atoms with E-state index in [0.717, 1.165) is 22.9 Å². The number of hydrogen-bond acceptors (Lipinski definition) is 4. The fourth-order valence-electron chi connectivity index (χ4n) is 3.39. The molecule has 0 radical (unpaired) electrons. The van der Waals surface area contributed by atoms with Crippen LogP contribution in [0.2, 0.25) is 0 Å². The van der Waals surface area contributed by atoms with Crippen molar-refractivity contribution in [3.05, 3.63) is 77.1 Å². The number of aromatic nitrogens is 5. The minimum atomic E-state index is -2.74. The minimum absolute atomic E-state index is 0.0398. The molecule has 0 spiro atoms. The number of carbonyl (C=O) groups is 1. The predicted molar refractivity (Wildman–Crippen MR) is 106 cm³/mol. The van der Waals surface area contributed by atoms with Crippen molar-refractivity contribution in [3.63, 3.8) is 0 Å². The van der Waals surface area contributed by atoms with Gasteiger partial charge in [-0.3, -0.25) is 9.48 Å². The minimum Gasteiger partial charge on any atom is -0.304 e. The highest BCUT2D eigenvalue weighted by Gasteiger charge is 2.28. The summed E-state index contributed by atoms with van der Waals surface area (Å²) in [4.78, 5) is 17.0. The molecule has 1 aliphatic carbocycles. The maximum absolute atomic E-state index is 13.5. The van der Waals surface area contributed by atoms with Gasteiger partial charge in [-0.2, -0.15) is 10.2 Å². The van der Waals surface area contributed by atoms with Crippen LogP contribution in [0, 0.1) is 5.82 Å². The molecule has 1 fully saturated rings. The zero-order valence-electron chi connectivity index (χ0n) is 16.2. The molecule has 158 valence electrons. The van der Waals surface area contributed by atoms with Crippen LogP contribution >= 0.6 is 0 Å². The zero-order valence-corrected chi connectivity index (χ0v) is 16.2. The molecule has 0 saturated heterocycles. The van der Waals surface area contributed by atoms with E-state index in [9.17, 15) is 18.0 Å². The average Bonchev–Trinajstić information content (AvgIpc) is 3.35. The average molecular weight is 426 g/mol. The van der Waals surface area contributed by atoms with Gasteiger partial charge in [0.05, 0.1) is 6.54 Å². The summed E-state index contributed by atoms with van der Waals surface area (Å²) < 4.78 is 42.9. The Morgan fingerprint density at radius 1 is 1.16 bits per heavy atom. The van der Waals surface area contributed by atoms with E-state index in [1.165, 1.54) is 24.3 Å². The van der Waals surface area contributed by atoms with Crippen LogP contribution in [0.3, 0.4) is 0 Å². The number of fused-ring (bicyclic) bond motifs is 1. The van der Waals surface area contributed by atoms with Gasteiger partial charge in [-0.05, 0) is 36.6 Å². The van der Waals surface area contributed by atoms with Gasteiger partial charge in [0.1, 0.15) is 11.5 Å². The number of amides is 1. The molecule has 4 aromatic rings. The Balaban J connectivity index is 1.36. The van der Waals surface area contributed by atoms with E-state index in [1.807, 2.05) is 0 Å². The molecular weight excluding hydrogens is 409 g/mol. The van der Waals surface area contributed by atoms with E-state index in [4.69, 9.17) is 0 Å². The molecular formula is C21H17F3N6O. The third-order valence-corrected chi connectivity index (χ3v) is 5.04. The third kappa shape index (κ3) is 4.00. The maximum atomic E-state index is 13.5. The van der Waals surface area contributed by atoms with Crippen molar-refractivity contribution in [2.75, 3.05) is 5.32 Å². The summed E-state index contributed by atoms with van der Waals surface area (Å²) in [6, 6.07) is 10.5. The van der Waals surface area contributed by atoms with Crippen LogP contribution in [0.1, 0.15) is 52.6 Å². The van der Waals surface area contributed by atoms with Crippen LogP contribution in [-0.2, 0) is 6.54 Å². The number of carbonyl (C=O) groups excluding carboxylic acids is 1. The van der Waals surface area contributed by atoms with E-state index in [1.54, 1.807) is 29.1 Å². The van der Waals surface area contributed by atoms with Gasteiger partial charge in [-0.1, -0.05) is 12.1 Å². The summed E-state index contributed by atoms with van der Waals surface area (Å²) in [6.07, 6.45) is 0.747. The lowest BCUT2D eigenvalue weighted by molar-refractivity contribution is 0.102. The second-order valence-corrected chi connectivity index (χ2v) is 7.46. The van der Waals surface area contributed by atoms with Crippen molar-refractivity contribution in [1.29, 1.82) is 0 Å². The first-order valence-electron chi connectivity index (χ1n) is 9.74. The number of alkyl halides is 2. The molecule has 3 aromatic heterocycles. The molecule has 1 aliphatic rings. The first-order valence-corrected chi connectivity index (χ1v) is 9.74. The summed E-state index contributed by atoms with van der Waals surface area (Å²) >= 11 is 0. The zero-order chi connectivity index (χ0) is 21.5. The Hall–Kier alpha value is -3.69. The highest BCUT2D eigenvalue weighted by molar-refractivity contribution is 6.02. The molecule has 1 N–H and O–H groups in total. The van der Waals surface area contributed by atoms with Crippen LogP contribution in [0.5, 0.6) is 0 Å². The molecule has 7 nitrogen and oxygen atoms in total. The molecule has 0 atom stereocenters. The first-order chi connectivity index (χ1) is 15.0.